The van der Waals surface area contributed by atoms with Crippen LogP contribution in [0.25, 0.3) is 0 Å². The Balaban J connectivity index is 3.71. The van der Waals surface area contributed by atoms with Crippen LogP contribution in [-0.4, -0.2) is 22.6 Å². The van der Waals surface area contributed by atoms with Crippen molar-refractivity contribution in [3.05, 3.63) is 0 Å². The molecule has 0 unspecified atom stereocenters. The second-order valence-corrected chi connectivity index (χ2v) is 3.69. The van der Waals surface area contributed by atoms with Crippen molar-refractivity contribution in [2.45, 2.75) is 25.5 Å². The monoisotopic (exact) mass is 162 g/mol. The third-order valence-electron chi connectivity index (χ3n) is 1.42. The molecule has 0 aromatic rings. The smallest absolute Gasteiger partial charge is 0.304 e. The highest BCUT2D eigenvalue weighted by Crippen LogP contribution is 2.19. The first kappa shape index (κ1) is 9.82. The van der Waals surface area contributed by atoms with Crippen LogP contribution in [0.4, 0.5) is 0 Å². The Labute approximate surface area is 66.0 Å². The van der Waals surface area contributed by atoms with E-state index in [0.29, 0.717) is 5.92 Å². The highest BCUT2D eigenvalue weighted by molar-refractivity contribution is 7.99. The third-order valence-corrected chi connectivity index (χ3v) is 2.74. The van der Waals surface area contributed by atoms with Gasteiger partial charge in [0.05, 0.1) is 6.42 Å². The van der Waals surface area contributed by atoms with E-state index in [1.165, 1.54) is 0 Å². The lowest BCUT2D eigenvalue weighted by Gasteiger charge is -2.15. The molecule has 0 spiro atoms. The highest BCUT2D eigenvalue weighted by Gasteiger charge is 2.14. The Morgan fingerprint density at radius 1 is 1.60 bits per heavy atom. The van der Waals surface area contributed by atoms with E-state index >= 15 is 0 Å². The average Bonchev–Trinajstić information content (AvgIpc) is 1.81. The van der Waals surface area contributed by atoms with Crippen LogP contribution >= 0.6 is 11.8 Å². The van der Waals surface area contributed by atoms with Crippen LogP contribution in [0.2, 0.25) is 0 Å². The molecule has 60 valence electrons. The first-order valence-corrected chi connectivity index (χ1v) is 4.61. The van der Waals surface area contributed by atoms with Crippen LogP contribution < -0.4 is 0 Å². The van der Waals surface area contributed by atoms with Gasteiger partial charge in [0.1, 0.15) is 0 Å². The lowest BCUT2D eigenvalue weighted by Crippen LogP contribution is -2.15. The molecule has 0 radical (unpaired) electrons. The van der Waals surface area contributed by atoms with Crippen molar-refractivity contribution < 1.29 is 9.90 Å². The standard InChI is InChI=1S/C7H14O2S/c1-5(2)6(10-3)4-7(8)9/h5-6H,4H2,1-3H3,(H,8,9)/t6-/m0/s1. The summed E-state index contributed by atoms with van der Waals surface area (Å²) in [5, 5.41) is 8.71. The molecule has 10 heavy (non-hydrogen) atoms. The average molecular weight is 162 g/mol. The van der Waals surface area contributed by atoms with Crippen LogP contribution in [0.5, 0.6) is 0 Å². The highest BCUT2D eigenvalue weighted by atomic mass is 32.2. The summed E-state index contributed by atoms with van der Waals surface area (Å²) in [6.45, 7) is 4.09. The second kappa shape index (κ2) is 4.61. The summed E-state index contributed by atoms with van der Waals surface area (Å²) in [6, 6.07) is 0. The van der Waals surface area contributed by atoms with Crippen molar-refractivity contribution in [1.82, 2.24) is 0 Å². The molecule has 1 N–H and O–H groups in total. The Kier molecular flexibility index (Phi) is 4.52. The Bertz CT molecular complexity index is 112. The van der Waals surface area contributed by atoms with Gasteiger partial charge in [-0.2, -0.15) is 11.8 Å². The molecular formula is C7H14O2S. The summed E-state index contributed by atoms with van der Waals surface area (Å²) in [4.78, 5) is 10.3. The van der Waals surface area contributed by atoms with Crippen LogP contribution in [0.3, 0.4) is 0 Å². The molecule has 0 aliphatic carbocycles. The van der Waals surface area contributed by atoms with Crippen LogP contribution in [0.1, 0.15) is 20.3 Å². The van der Waals surface area contributed by atoms with E-state index in [2.05, 4.69) is 0 Å². The summed E-state index contributed by atoms with van der Waals surface area (Å²) in [7, 11) is 0. The number of carboxylic acid groups (broad SMARTS) is 1. The maximum atomic E-state index is 10.3. The first-order valence-electron chi connectivity index (χ1n) is 3.32. The minimum atomic E-state index is -0.701. The molecule has 3 heteroatoms. The van der Waals surface area contributed by atoms with Gasteiger partial charge in [-0.15, -0.1) is 0 Å². The topological polar surface area (TPSA) is 37.3 Å². The summed E-state index contributed by atoms with van der Waals surface area (Å²) < 4.78 is 0. The van der Waals surface area contributed by atoms with Crippen molar-refractivity contribution in [3.8, 4) is 0 Å². The van der Waals surface area contributed by atoms with E-state index in [9.17, 15) is 4.79 Å². The fraction of sp³-hybridized carbons (Fsp3) is 0.857. The van der Waals surface area contributed by atoms with Gasteiger partial charge in [-0.05, 0) is 12.2 Å². The Morgan fingerprint density at radius 3 is 2.20 bits per heavy atom. The predicted molar refractivity (Wildman–Crippen MR) is 44.4 cm³/mol. The van der Waals surface area contributed by atoms with Gasteiger partial charge in [0.15, 0.2) is 0 Å². The molecule has 0 fully saturated rings. The van der Waals surface area contributed by atoms with E-state index in [4.69, 9.17) is 5.11 Å². The molecule has 0 aliphatic rings. The van der Waals surface area contributed by atoms with Crippen molar-refractivity contribution in [2.75, 3.05) is 6.26 Å². The summed E-state index contributed by atoms with van der Waals surface area (Å²) >= 11 is 1.63. The van der Waals surface area contributed by atoms with E-state index in [1.807, 2.05) is 20.1 Å². The fourth-order valence-electron chi connectivity index (χ4n) is 0.763. The van der Waals surface area contributed by atoms with Gasteiger partial charge >= 0.3 is 5.97 Å². The van der Waals surface area contributed by atoms with Crippen LogP contribution in [-0.2, 0) is 4.79 Å². The normalized spacial score (nSPS) is 13.6. The molecule has 0 rings (SSSR count). The van der Waals surface area contributed by atoms with Crippen molar-refractivity contribution in [1.29, 1.82) is 0 Å². The van der Waals surface area contributed by atoms with Gasteiger partial charge in [-0.25, -0.2) is 0 Å². The van der Waals surface area contributed by atoms with Crippen LogP contribution in [0, 0.1) is 5.92 Å². The quantitative estimate of drug-likeness (QED) is 0.685. The zero-order valence-electron chi connectivity index (χ0n) is 6.63. The molecule has 0 aromatic carbocycles. The summed E-state index contributed by atoms with van der Waals surface area (Å²) in [5.74, 6) is -0.251. The fourth-order valence-corrected chi connectivity index (χ4v) is 1.62. The molecule has 2 nitrogen and oxygen atoms in total. The number of thioether (sulfide) groups is 1. The Morgan fingerprint density at radius 2 is 2.10 bits per heavy atom. The van der Waals surface area contributed by atoms with Gasteiger partial charge in [0.25, 0.3) is 0 Å². The van der Waals surface area contributed by atoms with Gasteiger partial charge in [-0.1, -0.05) is 13.8 Å². The minimum absolute atomic E-state index is 0.262. The van der Waals surface area contributed by atoms with E-state index < -0.39 is 5.97 Å². The largest absolute Gasteiger partial charge is 0.481 e. The number of carbonyl (C=O) groups is 1. The number of aliphatic carboxylic acids is 1. The number of hydrogen-bond acceptors (Lipinski definition) is 2. The third kappa shape index (κ3) is 3.77. The molecule has 0 bridgehead atoms. The zero-order valence-corrected chi connectivity index (χ0v) is 7.44. The van der Waals surface area contributed by atoms with E-state index in [0.717, 1.165) is 0 Å². The van der Waals surface area contributed by atoms with E-state index in [1.54, 1.807) is 11.8 Å². The predicted octanol–water partition coefficient (Wildman–Crippen LogP) is 1.85. The number of rotatable bonds is 4. The SMILES string of the molecule is CS[C@@H](CC(=O)O)C(C)C. The van der Waals surface area contributed by atoms with Gasteiger partial charge in [0, 0.05) is 5.25 Å². The van der Waals surface area contributed by atoms with Crippen LogP contribution in [0.15, 0.2) is 0 Å². The molecule has 0 aromatic heterocycles. The molecule has 0 saturated heterocycles. The van der Waals surface area contributed by atoms with E-state index in [-0.39, 0.29) is 11.7 Å². The lowest BCUT2D eigenvalue weighted by molar-refractivity contribution is -0.137. The lowest BCUT2D eigenvalue weighted by atomic mass is 10.1. The van der Waals surface area contributed by atoms with Crippen molar-refractivity contribution in [3.63, 3.8) is 0 Å². The van der Waals surface area contributed by atoms with Crippen molar-refractivity contribution >= 4 is 17.7 Å². The molecule has 0 aliphatic heterocycles. The molecule has 1 atom stereocenters. The Hall–Kier alpha value is -0.180. The number of hydrogen-bond donors (Lipinski definition) is 1. The molecular weight excluding hydrogens is 148 g/mol. The van der Waals surface area contributed by atoms with Gasteiger partial charge in [-0.3, -0.25) is 4.79 Å². The second-order valence-electron chi connectivity index (χ2n) is 2.62. The molecule has 0 heterocycles. The van der Waals surface area contributed by atoms with Gasteiger partial charge < -0.3 is 5.11 Å². The maximum Gasteiger partial charge on any atom is 0.304 e. The number of carboxylic acids is 1. The molecule has 0 saturated carbocycles. The summed E-state index contributed by atoms with van der Waals surface area (Å²) in [6.07, 6.45) is 2.23. The zero-order chi connectivity index (χ0) is 8.15. The van der Waals surface area contributed by atoms with Crippen molar-refractivity contribution in [2.24, 2.45) is 5.92 Å². The first-order chi connectivity index (χ1) is 4.57. The maximum absolute atomic E-state index is 10.3. The minimum Gasteiger partial charge on any atom is -0.481 e. The summed E-state index contributed by atoms with van der Waals surface area (Å²) in [5.41, 5.74) is 0. The van der Waals surface area contributed by atoms with Gasteiger partial charge in [0.2, 0.25) is 0 Å². The molecule has 0 amide bonds.